The summed E-state index contributed by atoms with van der Waals surface area (Å²) in [4.78, 5) is 25.8. The molecule has 0 radical (unpaired) electrons. The number of nitrogens with one attached hydrogen (secondary N) is 1. The number of aryl methyl sites for hydroxylation is 2. The fraction of sp³-hybridized carbons (Fsp3) is 0.455. The van der Waals surface area contributed by atoms with Crippen LogP contribution in [0.1, 0.15) is 44.1 Å². The third-order valence-electron chi connectivity index (χ3n) is 5.00. The van der Waals surface area contributed by atoms with E-state index in [-0.39, 0.29) is 11.5 Å². The summed E-state index contributed by atoms with van der Waals surface area (Å²) < 4.78 is 3.03. The first kappa shape index (κ1) is 22.1. The molecule has 0 fully saturated rings. The summed E-state index contributed by atoms with van der Waals surface area (Å²) in [6.45, 7) is 8.14. The van der Waals surface area contributed by atoms with E-state index in [1.165, 1.54) is 4.68 Å². The van der Waals surface area contributed by atoms with Crippen LogP contribution in [-0.4, -0.2) is 43.5 Å². The van der Waals surface area contributed by atoms with Crippen molar-refractivity contribution in [1.29, 1.82) is 0 Å². The third-order valence-corrected chi connectivity index (χ3v) is 6.27. The number of carbonyl (C=O) groups excluding carboxylic acids is 1. The molecule has 0 aliphatic rings. The second-order valence-corrected chi connectivity index (χ2v) is 8.55. The fourth-order valence-corrected chi connectivity index (χ4v) is 4.20. The molecule has 1 amide bonds. The van der Waals surface area contributed by atoms with Gasteiger partial charge in [-0.25, -0.2) is 9.36 Å². The van der Waals surface area contributed by atoms with E-state index in [0.29, 0.717) is 23.1 Å². The van der Waals surface area contributed by atoms with Gasteiger partial charge in [0, 0.05) is 6.54 Å². The molecule has 0 aliphatic carbocycles. The molecule has 0 saturated heterocycles. The Kier molecular flexibility index (Phi) is 7.31. The SMILES string of the molecule is CCCSCCCNC(=O)C(C)n1nc(C)c2nn(-c3ccccc3)c(C)c2c1=O. The summed E-state index contributed by atoms with van der Waals surface area (Å²) in [6, 6.07) is 8.98. The highest BCUT2D eigenvalue weighted by Crippen LogP contribution is 2.20. The number of thioether (sulfide) groups is 1. The van der Waals surface area contributed by atoms with Crippen LogP contribution < -0.4 is 10.9 Å². The molecule has 3 rings (SSSR count). The summed E-state index contributed by atoms with van der Waals surface area (Å²) in [5.41, 5.74) is 2.51. The molecule has 1 aromatic carbocycles. The topological polar surface area (TPSA) is 81.8 Å². The Labute approximate surface area is 180 Å². The normalized spacial score (nSPS) is 12.3. The number of fused-ring (bicyclic) bond motifs is 1. The van der Waals surface area contributed by atoms with E-state index in [1.807, 2.05) is 55.9 Å². The maximum absolute atomic E-state index is 13.2. The number of rotatable bonds is 9. The van der Waals surface area contributed by atoms with Crippen LogP contribution in [0, 0.1) is 13.8 Å². The quantitative estimate of drug-likeness (QED) is 0.529. The van der Waals surface area contributed by atoms with E-state index in [4.69, 9.17) is 0 Å². The van der Waals surface area contributed by atoms with Gasteiger partial charge in [0.15, 0.2) is 0 Å². The van der Waals surface area contributed by atoms with Crippen molar-refractivity contribution in [2.45, 2.75) is 46.6 Å². The number of para-hydroxylation sites is 1. The highest BCUT2D eigenvalue weighted by Gasteiger charge is 2.23. The predicted octanol–water partition coefficient (Wildman–Crippen LogP) is 3.41. The number of hydrogen-bond acceptors (Lipinski definition) is 5. The van der Waals surface area contributed by atoms with Gasteiger partial charge in [-0.2, -0.15) is 22.0 Å². The van der Waals surface area contributed by atoms with Crippen molar-refractivity contribution in [3.63, 3.8) is 0 Å². The van der Waals surface area contributed by atoms with Gasteiger partial charge in [0.25, 0.3) is 5.56 Å². The zero-order chi connectivity index (χ0) is 21.7. The second kappa shape index (κ2) is 9.93. The number of nitrogens with zero attached hydrogens (tertiary/aromatic N) is 4. The van der Waals surface area contributed by atoms with Crippen molar-refractivity contribution in [3.05, 3.63) is 52.1 Å². The summed E-state index contributed by atoms with van der Waals surface area (Å²) in [7, 11) is 0. The maximum atomic E-state index is 13.2. The van der Waals surface area contributed by atoms with Crippen molar-refractivity contribution < 1.29 is 4.79 Å². The monoisotopic (exact) mass is 427 g/mol. The van der Waals surface area contributed by atoms with Gasteiger partial charge in [-0.05, 0) is 57.3 Å². The minimum Gasteiger partial charge on any atom is -0.354 e. The largest absolute Gasteiger partial charge is 0.354 e. The van der Waals surface area contributed by atoms with Crippen LogP contribution in [0.5, 0.6) is 0 Å². The molecule has 0 spiro atoms. The number of benzene rings is 1. The van der Waals surface area contributed by atoms with E-state index in [2.05, 4.69) is 22.4 Å². The number of amides is 1. The molecule has 1 unspecified atom stereocenters. The molecule has 1 N–H and O–H groups in total. The number of carbonyl (C=O) groups is 1. The minimum absolute atomic E-state index is 0.197. The van der Waals surface area contributed by atoms with Gasteiger partial charge in [0.1, 0.15) is 11.6 Å². The van der Waals surface area contributed by atoms with Gasteiger partial charge >= 0.3 is 0 Å². The van der Waals surface area contributed by atoms with Crippen LogP contribution >= 0.6 is 11.8 Å². The van der Waals surface area contributed by atoms with Crippen LogP contribution in [0.3, 0.4) is 0 Å². The third kappa shape index (κ3) is 4.59. The molecule has 7 nitrogen and oxygen atoms in total. The van der Waals surface area contributed by atoms with Crippen LogP contribution in [0.25, 0.3) is 16.6 Å². The van der Waals surface area contributed by atoms with Gasteiger partial charge in [-0.3, -0.25) is 9.59 Å². The van der Waals surface area contributed by atoms with Crippen molar-refractivity contribution >= 4 is 28.6 Å². The van der Waals surface area contributed by atoms with E-state index >= 15 is 0 Å². The lowest BCUT2D eigenvalue weighted by molar-refractivity contribution is -0.124. The van der Waals surface area contributed by atoms with Gasteiger partial charge in [0.2, 0.25) is 5.91 Å². The molecule has 0 aliphatic heterocycles. The molecule has 30 heavy (non-hydrogen) atoms. The van der Waals surface area contributed by atoms with Crippen LogP contribution in [-0.2, 0) is 4.79 Å². The molecule has 2 aromatic heterocycles. The molecular weight excluding hydrogens is 398 g/mol. The van der Waals surface area contributed by atoms with Crippen molar-refractivity contribution in [2.75, 3.05) is 18.1 Å². The molecule has 3 aromatic rings. The van der Waals surface area contributed by atoms with Crippen molar-refractivity contribution in [1.82, 2.24) is 24.9 Å². The summed E-state index contributed by atoms with van der Waals surface area (Å²) in [5, 5.41) is 12.4. The highest BCUT2D eigenvalue weighted by atomic mass is 32.2. The van der Waals surface area contributed by atoms with Gasteiger partial charge in [0.05, 0.1) is 22.5 Å². The molecule has 160 valence electrons. The summed E-state index contributed by atoms with van der Waals surface area (Å²) in [5.74, 6) is 1.96. The highest BCUT2D eigenvalue weighted by molar-refractivity contribution is 7.99. The molecule has 0 bridgehead atoms. The van der Waals surface area contributed by atoms with Gasteiger partial charge in [-0.1, -0.05) is 25.1 Å². The standard InChI is InChI=1S/C22H29N5O2S/c1-5-13-30-14-9-12-23-21(28)17(4)27-22(29)19-16(3)26(18-10-7-6-8-11-18)25-20(19)15(2)24-27/h6-8,10-11,17H,5,9,12-14H2,1-4H3,(H,23,28). The average Bonchev–Trinajstić information content (AvgIpc) is 3.11. The summed E-state index contributed by atoms with van der Waals surface area (Å²) >= 11 is 1.89. The Balaban J connectivity index is 1.85. The Morgan fingerprint density at radius 3 is 2.60 bits per heavy atom. The zero-order valence-electron chi connectivity index (χ0n) is 18.0. The first-order valence-electron chi connectivity index (χ1n) is 10.3. The van der Waals surface area contributed by atoms with Crippen LogP contribution in [0.4, 0.5) is 0 Å². The summed E-state index contributed by atoms with van der Waals surface area (Å²) in [6.07, 6.45) is 2.07. The van der Waals surface area contributed by atoms with E-state index in [1.54, 1.807) is 11.6 Å². The molecule has 8 heteroatoms. The van der Waals surface area contributed by atoms with Crippen LogP contribution in [0.15, 0.2) is 35.1 Å². The van der Waals surface area contributed by atoms with E-state index < -0.39 is 6.04 Å². The minimum atomic E-state index is -0.691. The number of hydrogen-bond donors (Lipinski definition) is 1. The Hall–Kier alpha value is -2.61. The van der Waals surface area contributed by atoms with Gasteiger partial charge < -0.3 is 5.32 Å². The maximum Gasteiger partial charge on any atom is 0.278 e. The van der Waals surface area contributed by atoms with Crippen molar-refractivity contribution in [3.8, 4) is 5.69 Å². The predicted molar refractivity (Wildman–Crippen MR) is 123 cm³/mol. The second-order valence-electron chi connectivity index (χ2n) is 7.32. The molecule has 2 heterocycles. The first-order chi connectivity index (χ1) is 14.5. The Bertz CT molecular complexity index is 1070. The lowest BCUT2D eigenvalue weighted by atomic mass is 10.2. The number of aromatic nitrogens is 4. The molecule has 1 atom stereocenters. The Morgan fingerprint density at radius 2 is 1.90 bits per heavy atom. The Morgan fingerprint density at radius 1 is 1.17 bits per heavy atom. The zero-order valence-corrected chi connectivity index (χ0v) is 18.8. The van der Waals surface area contributed by atoms with Crippen LogP contribution in [0.2, 0.25) is 0 Å². The average molecular weight is 428 g/mol. The first-order valence-corrected chi connectivity index (χ1v) is 11.5. The fourth-order valence-electron chi connectivity index (χ4n) is 3.35. The van der Waals surface area contributed by atoms with E-state index in [0.717, 1.165) is 35.7 Å². The van der Waals surface area contributed by atoms with E-state index in [9.17, 15) is 9.59 Å². The van der Waals surface area contributed by atoms with Gasteiger partial charge in [-0.15, -0.1) is 0 Å². The molecule has 0 saturated carbocycles. The molecular formula is C22H29N5O2S. The lowest BCUT2D eigenvalue weighted by Gasteiger charge is -2.15. The smallest absolute Gasteiger partial charge is 0.278 e. The van der Waals surface area contributed by atoms with Crippen molar-refractivity contribution in [2.24, 2.45) is 0 Å². The lowest BCUT2D eigenvalue weighted by Crippen LogP contribution is -2.38.